The van der Waals surface area contributed by atoms with Gasteiger partial charge in [-0.15, -0.1) is 0 Å². The summed E-state index contributed by atoms with van der Waals surface area (Å²) in [6, 6.07) is 3.29. The van der Waals surface area contributed by atoms with Gasteiger partial charge in [0.25, 0.3) is 0 Å². The zero-order valence-corrected chi connectivity index (χ0v) is 6.77. The standard InChI is InChI=1S/C7H7NO2S/c1-5(9)10-7-4-6(11)2-3-8-7/h2-4H,1H3,(H,8,11). The summed E-state index contributed by atoms with van der Waals surface area (Å²) >= 11 is 4.84. The van der Waals surface area contributed by atoms with Gasteiger partial charge < -0.3 is 9.72 Å². The summed E-state index contributed by atoms with van der Waals surface area (Å²) in [5.74, 6) is 0.0202. The van der Waals surface area contributed by atoms with E-state index in [0.717, 1.165) is 0 Å². The Morgan fingerprint density at radius 3 is 3.00 bits per heavy atom. The van der Waals surface area contributed by atoms with Gasteiger partial charge in [-0.3, -0.25) is 4.79 Å². The maximum Gasteiger partial charge on any atom is 0.309 e. The molecule has 0 unspecified atom stereocenters. The molecule has 1 aromatic heterocycles. The fourth-order valence-corrected chi connectivity index (χ4v) is 0.814. The largest absolute Gasteiger partial charge is 0.410 e. The molecule has 4 heteroatoms. The van der Waals surface area contributed by atoms with Crippen molar-refractivity contribution in [3.05, 3.63) is 22.8 Å². The summed E-state index contributed by atoms with van der Waals surface area (Å²) < 4.78 is 5.37. The number of pyridine rings is 1. The maximum absolute atomic E-state index is 10.4. The Morgan fingerprint density at radius 2 is 2.45 bits per heavy atom. The lowest BCUT2D eigenvalue weighted by Gasteiger charge is -1.98. The average molecular weight is 169 g/mol. The molecule has 0 radical (unpaired) electrons. The van der Waals surface area contributed by atoms with Crippen LogP contribution in [0.2, 0.25) is 0 Å². The Labute approximate surface area is 69.0 Å². The van der Waals surface area contributed by atoms with E-state index in [-0.39, 0.29) is 5.97 Å². The lowest BCUT2D eigenvalue weighted by Crippen LogP contribution is -2.02. The number of carbonyl (C=O) groups is 1. The number of H-pyrrole nitrogens is 1. The third kappa shape index (κ3) is 2.51. The smallest absolute Gasteiger partial charge is 0.309 e. The van der Waals surface area contributed by atoms with Gasteiger partial charge in [-0.1, -0.05) is 12.2 Å². The minimum absolute atomic E-state index is 0.359. The SMILES string of the molecule is CC(=O)Oc1cc(=S)cc[nH]1. The molecule has 1 heterocycles. The molecule has 0 spiro atoms. The minimum atomic E-state index is -0.359. The van der Waals surface area contributed by atoms with Crippen molar-refractivity contribution in [3.63, 3.8) is 0 Å². The van der Waals surface area contributed by atoms with Crippen molar-refractivity contribution in [1.82, 2.24) is 4.98 Å². The van der Waals surface area contributed by atoms with Gasteiger partial charge in [0.05, 0.1) is 0 Å². The van der Waals surface area contributed by atoms with E-state index < -0.39 is 0 Å². The molecule has 0 amide bonds. The maximum atomic E-state index is 10.4. The van der Waals surface area contributed by atoms with E-state index in [1.807, 2.05) is 0 Å². The van der Waals surface area contributed by atoms with Crippen molar-refractivity contribution in [2.45, 2.75) is 6.92 Å². The first-order valence-corrected chi connectivity index (χ1v) is 3.46. The van der Waals surface area contributed by atoms with Crippen LogP contribution in [0, 0.1) is 4.51 Å². The molecule has 0 aliphatic heterocycles. The number of aromatic amines is 1. The first-order chi connectivity index (χ1) is 5.18. The van der Waals surface area contributed by atoms with Crippen LogP contribution < -0.4 is 4.74 Å². The molecule has 0 saturated carbocycles. The fraction of sp³-hybridized carbons (Fsp3) is 0.143. The van der Waals surface area contributed by atoms with Gasteiger partial charge in [-0.25, -0.2) is 0 Å². The van der Waals surface area contributed by atoms with Crippen LogP contribution in [0.3, 0.4) is 0 Å². The van der Waals surface area contributed by atoms with Crippen molar-refractivity contribution in [2.75, 3.05) is 0 Å². The molecule has 58 valence electrons. The van der Waals surface area contributed by atoms with Crippen molar-refractivity contribution < 1.29 is 9.53 Å². The molecule has 1 rings (SSSR count). The number of hydrogen-bond donors (Lipinski definition) is 1. The number of nitrogens with one attached hydrogen (secondary N) is 1. The second kappa shape index (κ2) is 3.30. The third-order valence-electron chi connectivity index (χ3n) is 1.00. The van der Waals surface area contributed by atoms with Gasteiger partial charge in [0.15, 0.2) is 0 Å². The number of rotatable bonds is 1. The molecule has 0 atom stereocenters. The highest BCUT2D eigenvalue weighted by molar-refractivity contribution is 7.71. The first-order valence-electron chi connectivity index (χ1n) is 3.05. The van der Waals surface area contributed by atoms with Crippen molar-refractivity contribution in [2.24, 2.45) is 0 Å². The predicted molar refractivity (Wildman–Crippen MR) is 42.9 cm³/mol. The van der Waals surface area contributed by atoms with Crippen molar-refractivity contribution >= 4 is 18.2 Å². The van der Waals surface area contributed by atoms with Crippen LogP contribution in [0.4, 0.5) is 0 Å². The van der Waals surface area contributed by atoms with Crippen LogP contribution in [0.1, 0.15) is 6.92 Å². The second-order valence-corrected chi connectivity index (χ2v) is 2.45. The highest BCUT2D eigenvalue weighted by Gasteiger charge is 1.95. The highest BCUT2D eigenvalue weighted by atomic mass is 32.1. The number of hydrogen-bond acceptors (Lipinski definition) is 3. The van der Waals surface area contributed by atoms with Crippen LogP contribution in [0.15, 0.2) is 18.3 Å². The van der Waals surface area contributed by atoms with E-state index in [0.29, 0.717) is 10.4 Å². The van der Waals surface area contributed by atoms with Gasteiger partial charge in [0, 0.05) is 23.7 Å². The lowest BCUT2D eigenvalue weighted by molar-refractivity contribution is -0.132. The van der Waals surface area contributed by atoms with Crippen molar-refractivity contribution in [1.29, 1.82) is 0 Å². The normalized spacial score (nSPS) is 9.18. The van der Waals surface area contributed by atoms with E-state index in [9.17, 15) is 4.79 Å². The summed E-state index contributed by atoms with van der Waals surface area (Å²) in [7, 11) is 0. The van der Waals surface area contributed by atoms with Crippen LogP contribution in [-0.2, 0) is 4.79 Å². The molecule has 3 nitrogen and oxygen atoms in total. The molecule has 0 aliphatic carbocycles. The Hall–Kier alpha value is -1.16. The van der Waals surface area contributed by atoms with Gasteiger partial charge in [-0.05, 0) is 6.07 Å². The summed E-state index contributed by atoms with van der Waals surface area (Å²) in [6.45, 7) is 1.34. The van der Waals surface area contributed by atoms with Gasteiger partial charge >= 0.3 is 5.97 Å². The van der Waals surface area contributed by atoms with E-state index in [4.69, 9.17) is 17.0 Å². The van der Waals surface area contributed by atoms with Gasteiger partial charge in [0.1, 0.15) is 0 Å². The molecule has 0 saturated heterocycles. The zero-order valence-electron chi connectivity index (χ0n) is 5.96. The van der Waals surface area contributed by atoms with Crippen molar-refractivity contribution in [3.8, 4) is 5.88 Å². The fourth-order valence-electron chi connectivity index (χ4n) is 0.639. The zero-order chi connectivity index (χ0) is 8.27. The number of aromatic nitrogens is 1. The molecular weight excluding hydrogens is 162 g/mol. The molecule has 1 N–H and O–H groups in total. The average Bonchev–Trinajstić information content (AvgIpc) is 1.85. The van der Waals surface area contributed by atoms with Gasteiger partial charge in [-0.2, -0.15) is 0 Å². The van der Waals surface area contributed by atoms with Crippen LogP contribution >= 0.6 is 12.2 Å². The molecule has 0 bridgehead atoms. The third-order valence-corrected chi connectivity index (χ3v) is 1.25. The van der Waals surface area contributed by atoms with E-state index >= 15 is 0 Å². The Balaban J connectivity index is 2.88. The first kappa shape index (κ1) is 7.94. The summed E-state index contributed by atoms with van der Waals surface area (Å²) in [6.07, 6.45) is 1.63. The molecule has 0 aliphatic rings. The highest BCUT2D eigenvalue weighted by Crippen LogP contribution is 2.04. The second-order valence-electron chi connectivity index (χ2n) is 1.98. The van der Waals surface area contributed by atoms with E-state index in [1.54, 1.807) is 18.3 Å². The van der Waals surface area contributed by atoms with Crippen LogP contribution in [0.25, 0.3) is 0 Å². The molecular formula is C7H7NO2S. The number of ether oxygens (including phenoxy) is 1. The van der Waals surface area contributed by atoms with Gasteiger partial charge in [0.2, 0.25) is 5.88 Å². The van der Waals surface area contributed by atoms with Crippen LogP contribution in [-0.4, -0.2) is 11.0 Å². The number of carbonyl (C=O) groups excluding carboxylic acids is 1. The molecule has 0 fully saturated rings. The summed E-state index contributed by atoms with van der Waals surface area (Å²) in [4.78, 5) is 13.2. The summed E-state index contributed by atoms with van der Waals surface area (Å²) in [5.41, 5.74) is 0. The van der Waals surface area contributed by atoms with E-state index in [1.165, 1.54) is 6.92 Å². The quantitative estimate of drug-likeness (QED) is 0.513. The van der Waals surface area contributed by atoms with E-state index in [2.05, 4.69) is 4.98 Å². The minimum Gasteiger partial charge on any atom is -0.410 e. The Kier molecular flexibility index (Phi) is 2.38. The molecule has 11 heavy (non-hydrogen) atoms. The lowest BCUT2D eigenvalue weighted by atomic mass is 10.5. The Morgan fingerprint density at radius 1 is 1.73 bits per heavy atom. The molecule has 0 aromatic carbocycles. The topological polar surface area (TPSA) is 42.1 Å². The monoisotopic (exact) mass is 169 g/mol. The predicted octanol–water partition coefficient (Wildman–Crippen LogP) is 1.67. The molecule has 1 aromatic rings. The Bertz CT molecular complexity index is 318. The van der Waals surface area contributed by atoms with Crippen LogP contribution in [0.5, 0.6) is 5.88 Å². The summed E-state index contributed by atoms with van der Waals surface area (Å²) in [5, 5.41) is 0. The number of esters is 1.